The Labute approximate surface area is 134 Å². The highest BCUT2D eigenvalue weighted by Crippen LogP contribution is 2.11. The van der Waals surface area contributed by atoms with Crippen LogP contribution in [0, 0.1) is 0 Å². The van der Waals surface area contributed by atoms with Gasteiger partial charge in [0.1, 0.15) is 6.10 Å². The Morgan fingerprint density at radius 3 is 2.04 bits per heavy atom. The van der Waals surface area contributed by atoms with Crippen LogP contribution in [0.5, 0.6) is 0 Å². The zero-order valence-corrected chi connectivity index (χ0v) is 12.9. The van der Waals surface area contributed by atoms with Gasteiger partial charge in [-0.1, -0.05) is 0 Å². The maximum Gasteiger partial charge on any atom is 0.103 e. The Kier molecular flexibility index (Phi) is 8.48. The van der Waals surface area contributed by atoms with Crippen LogP contribution in [0.15, 0.2) is 12.4 Å². The second-order valence-corrected chi connectivity index (χ2v) is 5.38. The summed E-state index contributed by atoms with van der Waals surface area (Å²) >= 11 is 0. The summed E-state index contributed by atoms with van der Waals surface area (Å²) in [5.41, 5.74) is 1.00. The van der Waals surface area contributed by atoms with Gasteiger partial charge in [-0.05, 0) is 6.92 Å². The van der Waals surface area contributed by atoms with Crippen molar-refractivity contribution >= 4 is 0 Å². The topological polar surface area (TPSA) is 159 Å². The first kappa shape index (κ1) is 19.8. The molecule has 0 aromatic carbocycles. The average molecular weight is 331 g/mol. The third-order valence-corrected chi connectivity index (χ3v) is 3.53. The van der Waals surface area contributed by atoms with Crippen molar-refractivity contribution in [3.8, 4) is 0 Å². The molecule has 9 heteroatoms. The quantitative estimate of drug-likeness (QED) is 0.239. The van der Waals surface area contributed by atoms with Crippen LogP contribution >= 0.6 is 0 Å². The molecule has 5 atom stereocenters. The van der Waals surface area contributed by atoms with E-state index in [-0.39, 0.29) is 19.1 Å². The van der Waals surface area contributed by atoms with Crippen LogP contribution in [-0.4, -0.2) is 84.8 Å². The van der Waals surface area contributed by atoms with E-state index in [0.717, 1.165) is 0 Å². The van der Waals surface area contributed by atoms with E-state index in [2.05, 4.69) is 15.3 Å². The Bertz CT molecular complexity index is 447. The fourth-order valence-corrected chi connectivity index (χ4v) is 1.98. The summed E-state index contributed by atoms with van der Waals surface area (Å²) in [5, 5.41) is 58.3. The Hall–Kier alpha value is -1.20. The van der Waals surface area contributed by atoms with Crippen LogP contribution in [0.4, 0.5) is 0 Å². The Morgan fingerprint density at radius 2 is 1.57 bits per heavy atom. The monoisotopic (exact) mass is 331 g/mol. The zero-order chi connectivity index (χ0) is 17.4. The second-order valence-electron chi connectivity index (χ2n) is 5.38. The number of aliphatic hydroxyl groups excluding tert-OH is 6. The maximum absolute atomic E-state index is 9.62. The second kappa shape index (κ2) is 9.83. The largest absolute Gasteiger partial charge is 0.395 e. The van der Waals surface area contributed by atoms with Gasteiger partial charge in [0.2, 0.25) is 0 Å². The highest BCUT2D eigenvalue weighted by molar-refractivity contribution is 5.07. The van der Waals surface area contributed by atoms with Crippen molar-refractivity contribution in [2.75, 3.05) is 19.8 Å². The number of aliphatic hydroxyl groups is 6. The fourth-order valence-electron chi connectivity index (χ4n) is 1.98. The minimum absolute atomic E-state index is 0.0549. The van der Waals surface area contributed by atoms with Crippen LogP contribution in [0.1, 0.15) is 24.4 Å². The molecule has 23 heavy (non-hydrogen) atoms. The van der Waals surface area contributed by atoms with Gasteiger partial charge >= 0.3 is 0 Å². The van der Waals surface area contributed by atoms with Gasteiger partial charge in [-0.3, -0.25) is 9.97 Å². The van der Waals surface area contributed by atoms with E-state index in [4.69, 9.17) is 10.2 Å². The molecule has 0 bridgehead atoms. The van der Waals surface area contributed by atoms with Gasteiger partial charge in [0, 0.05) is 18.7 Å². The van der Waals surface area contributed by atoms with Crippen molar-refractivity contribution < 1.29 is 30.6 Å². The van der Waals surface area contributed by atoms with E-state index in [1.165, 1.54) is 12.4 Å². The first-order valence-electron chi connectivity index (χ1n) is 7.36. The summed E-state index contributed by atoms with van der Waals surface area (Å²) in [6.45, 7) is 0.410. The summed E-state index contributed by atoms with van der Waals surface area (Å²) in [6.07, 6.45) is -0.484. The van der Waals surface area contributed by atoms with Crippen molar-refractivity contribution in [2.45, 2.75) is 43.7 Å². The van der Waals surface area contributed by atoms with Gasteiger partial charge in [-0.15, -0.1) is 0 Å². The predicted molar refractivity (Wildman–Crippen MR) is 80.4 cm³/mol. The summed E-state index contributed by atoms with van der Waals surface area (Å²) in [6, 6.07) is -1.03. The van der Waals surface area contributed by atoms with E-state index in [9.17, 15) is 20.4 Å². The predicted octanol–water partition coefficient (Wildman–Crippen LogP) is -2.90. The van der Waals surface area contributed by atoms with E-state index in [0.29, 0.717) is 11.4 Å². The molecular weight excluding hydrogens is 306 g/mol. The van der Waals surface area contributed by atoms with Gasteiger partial charge < -0.3 is 36.0 Å². The molecular formula is C14H25N3O6. The molecule has 1 aromatic heterocycles. The Morgan fingerprint density at radius 1 is 0.913 bits per heavy atom. The molecule has 0 fully saturated rings. The van der Waals surface area contributed by atoms with Gasteiger partial charge in [-0.25, -0.2) is 0 Å². The van der Waals surface area contributed by atoms with E-state index < -0.39 is 37.6 Å². The number of aromatic nitrogens is 2. The lowest BCUT2D eigenvalue weighted by molar-refractivity contribution is -0.0137. The molecule has 1 rings (SSSR count). The number of nitrogens with one attached hydrogen (secondary N) is 1. The summed E-state index contributed by atoms with van der Waals surface area (Å²) in [5.74, 6) is 0. The molecule has 0 saturated heterocycles. The third kappa shape index (κ3) is 6.07. The van der Waals surface area contributed by atoms with E-state index in [1.54, 1.807) is 6.92 Å². The van der Waals surface area contributed by atoms with Gasteiger partial charge in [0.15, 0.2) is 0 Å². The number of hydrogen-bond acceptors (Lipinski definition) is 9. The van der Waals surface area contributed by atoms with Crippen molar-refractivity contribution in [1.82, 2.24) is 15.3 Å². The molecule has 0 aliphatic heterocycles. The third-order valence-electron chi connectivity index (χ3n) is 3.53. The first-order valence-corrected chi connectivity index (χ1v) is 7.36. The molecule has 0 aliphatic rings. The molecule has 0 aliphatic carbocycles. The average Bonchev–Trinajstić information content (AvgIpc) is 2.58. The molecule has 9 nitrogen and oxygen atoms in total. The molecule has 1 heterocycles. The zero-order valence-electron chi connectivity index (χ0n) is 12.9. The molecule has 1 aromatic rings. The molecule has 0 radical (unpaired) electrons. The molecule has 0 spiro atoms. The van der Waals surface area contributed by atoms with Crippen molar-refractivity contribution in [2.24, 2.45) is 0 Å². The first-order chi connectivity index (χ1) is 10.9. The fraction of sp³-hybridized carbons (Fsp3) is 0.714. The number of nitrogens with zero attached hydrogens (tertiary/aromatic N) is 2. The molecule has 0 amide bonds. The minimum atomic E-state index is -1.23. The number of rotatable bonds is 10. The molecule has 132 valence electrons. The van der Waals surface area contributed by atoms with Gasteiger partial charge in [-0.2, -0.15) is 0 Å². The Balaban J connectivity index is 2.64. The smallest absolute Gasteiger partial charge is 0.103 e. The van der Waals surface area contributed by atoms with Crippen LogP contribution in [0.2, 0.25) is 0 Å². The van der Waals surface area contributed by atoms with E-state index >= 15 is 0 Å². The minimum Gasteiger partial charge on any atom is -0.395 e. The van der Waals surface area contributed by atoms with E-state index in [1.807, 2.05) is 0 Å². The van der Waals surface area contributed by atoms with Gasteiger partial charge in [0.05, 0.1) is 55.7 Å². The SMILES string of the molecule is C[C@H](N[C@@H](CO)[C@H](O)CO)c1cnc(C[C@H](O)[C@H](O)CO)cn1. The van der Waals surface area contributed by atoms with Gasteiger partial charge in [0.25, 0.3) is 0 Å². The molecule has 0 unspecified atom stereocenters. The van der Waals surface area contributed by atoms with Crippen molar-refractivity contribution in [3.63, 3.8) is 0 Å². The lowest BCUT2D eigenvalue weighted by Gasteiger charge is -2.24. The molecule has 0 saturated carbocycles. The van der Waals surface area contributed by atoms with Crippen molar-refractivity contribution in [3.05, 3.63) is 23.8 Å². The van der Waals surface area contributed by atoms with Crippen LogP contribution in [0.25, 0.3) is 0 Å². The van der Waals surface area contributed by atoms with Crippen LogP contribution < -0.4 is 5.32 Å². The molecule has 7 N–H and O–H groups in total. The van der Waals surface area contributed by atoms with Crippen LogP contribution in [-0.2, 0) is 6.42 Å². The maximum atomic E-state index is 9.62. The lowest BCUT2D eigenvalue weighted by atomic mass is 10.1. The standard InChI is InChI=1S/C14H25N3O6/c1-8(17-11(5-18)13(22)6-19)10-4-15-9(3-16-10)2-12(21)14(23)7-20/h3-4,8,11-14,17-23H,2,5-7H2,1H3/t8-,11-,12-,13+,14+/m0/s1. The number of hydrogen-bond donors (Lipinski definition) is 7. The highest BCUT2D eigenvalue weighted by atomic mass is 16.4. The summed E-state index contributed by atoms with van der Waals surface area (Å²) < 4.78 is 0. The van der Waals surface area contributed by atoms with Crippen LogP contribution in [0.3, 0.4) is 0 Å². The summed E-state index contributed by atoms with van der Waals surface area (Å²) in [7, 11) is 0. The normalized spacial score (nSPS) is 18.2. The lowest BCUT2D eigenvalue weighted by Crippen LogP contribution is -2.45. The van der Waals surface area contributed by atoms with Crippen molar-refractivity contribution in [1.29, 1.82) is 0 Å². The summed E-state index contributed by atoms with van der Waals surface area (Å²) in [4.78, 5) is 8.31. The highest BCUT2D eigenvalue weighted by Gasteiger charge is 2.21.